The fourth-order valence-electron chi connectivity index (χ4n) is 1.80. The maximum absolute atomic E-state index is 7.67. The number of nitrogens with one attached hydrogen (secondary N) is 2. The molecule has 4 heteroatoms. The van der Waals surface area contributed by atoms with Crippen LogP contribution in [0.3, 0.4) is 0 Å². The lowest BCUT2D eigenvalue weighted by Gasteiger charge is -2.13. The van der Waals surface area contributed by atoms with Gasteiger partial charge in [0.2, 0.25) is 0 Å². The van der Waals surface area contributed by atoms with Crippen LogP contribution >= 0.6 is 11.6 Å². The Balaban J connectivity index is 2.37. The van der Waals surface area contributed by atoms with Crippen LogP contribution in [0.4, 0.5) is 11.4 Å². The molecular weight excluding hydrogens is 270 g/mol. The van der Waals surface area contributed by atoms with Gasteiger partial charge in [-0.3, -0.25) is 0 Å². The Hall–Kier alpha value is -2.26. The molecule has 0 unspecified atom stereocenters. The summed E-state index contributed by atoms with van der Waals surface area (Å²) in [7, 11) is 0. The Morgan fingerprint density at radius 3 is 2.40 bits per heavy atom. The third-order valence-electron chi connectivity index (χ3n) is 2.71. The van der Waals surface area contributed by atoms with Crippen LogP contribution in [0.5, 0.6) is 0 Å². The van der Waals surface area contributed by atoms with E-state index in [-0.39, 0.29) is 0 Å². The fourth-order valence-corrected chi connectivity index (χ4v) is 2.04. The zero-order valence-corrected chi connectivity index (χ0v) is 11.9. The SMILES string of the molecule is CC(=N)/C=C(\Nc1ccc(N)cc1)c1ccccc1Cl. The fraction of sp³-hybridized carbons (Fsp3) is 0.0625. The number of benzene rings is 2. The molecule has 0 heterocycles. The van der Waals surface area contributed by atoms with Crippen molar-refractivity contribution in [3.63, 3.8) is 0 Å². The molecule has 0 aliphatic carbocycles. The highest BCUT2D eigenvalue weighted by atomic mass is 35.5. The number of nitrogens with two attached hydrogens (primary N) is 1. The second-order valence-corrected chi connectivity index (χ2v) is 4.88. The van der Waals surface area contributed by atoms with Crippen LogP contribution in [0.1, 0.15) is 12.5 Å². The summed E-state index contributed by atoms with van der Waals surface area (Å²) in [5, 5.41) is 11.6. The van der Waals surface area contributed by atoms with Gasteiger partial charge in [0.25, 0.3) is 0 Å². The number of allylic oxidation sites excluding steroid dienone is 1. The third-order valence-corrected chi connectivity index (χ3v) is 3.04. The van der Waals surface area contributed by atoms with E-state index in [1.807, 2.05) is 48.5 Å². The summed E-state index contributed by atoms with van der Waals surface area (Å²) in [5.41, 5.74) is 9.37. The zero-order chi connectivity index (χ0) is 14.5. The van der Waals surface area contributed by atoms with Crippen molar-refractivity contribution < 1.29 is 0 Å². The second kappa shape index (κ2) is 6.26. The minimum absolute atomic E-state index is 0.447. The lowest BCUT2D eigenvalue weighted by Crippen LogP contribution is -2.02. The predicted molar refractivity (Wildman–Crippen MR) is 87.3 cm³/mol. The normalized spacial score (nSPS) is 11.2. The van der Waals surface area contributed by atoms with Gasteiger partial charge in [0.05, 0.1) is 0 Å². The van der Waals surface area contributed by atoms with Gasteiger partial charge in [-0.1, -0.05) is 29.8 Å². The topological polar surface area (TPSA) is 61.9 Å². The van der Waals surface area contributed by atoms with Gasteiger partial charge in [-0.25, -0.2) is 0 Å². The lowest BCUT2D eigenvalue weighted by atomic mass is 10.1. The Kier molecular flexibility index (Phi) is 4.43. The maximum atomic E-state index is 7.67. The van der Waals surface area contributed by atoms with Gasteiger partial charge in [-0.2, -0.15) is 0 Å². The van der Waals surface area contributed by atoms with Gasteiger partial charge >= 0.3 is 0 Å². The zero-order valence-electron chi connectivity index (χ0n) is 11.2. The monoisotopic (exact) mass is 285 g/mol. The molecule has 0 fully saturated rings. The lowest BCUT2D eigenvalue weighted by molar-refractivity contribution is 1.48. The smallest absolute Gasteiger partial charge is 0.0499 e. The standard InChI is InChI=1S/C16H16ClN3/c1-11(18)10-16(14-4-2-3-5-15(14)17)20-13-8-6-12(19)7-9-13/h2-10,18,20H,19H2,1H3/b16-10-,18-11?. The molecule has 0 aliphatic heterocycles. The van der Waals surface area contributed by atoms with E-state index >= 15 is 0 Å². The molecule has 0 spiro atoms. The van der Waals surface area contributed by atoms with Gasteiger partial charge in [0.15, 0.2) is 0 Å². The maximum Gasteiger partial charge on any atom is 0.0499 e. The Labute approximate surface area is 123 Å². The summed E-state index contributed by atoms with van der Waals surface area (Å²) in [4.78, 5) is 0. The molecular formula is C16H16ClN3. The van der Waals surface area contributed by atoms with Crippen molar-refractivity contribution in [1.82, 2.24) is 0 Å². The molecule has 4 N–H and O–H groups in total. The van der Waals surface area contributed by atoms with E-state index in [0.717, 1.165) is 16.9 Å². The quantitative estimate of drug-likeness (QED) is 0.575. The van der Waals surface area contributed by atoms with Gasteiger partial charge in [-0.15, -0.1) is 0 Å². The minimum Gasteiger partial charge on any atom is -0.399 e. The van der Waals surface area contributed by atoms with E-state index in [0.29, 0.717) is 16.4 Å². The van der Waals surface area contributed by atoms with Crippen molar-refractivity contribution in [1.29, 1.82) is 5.41 Å². The first-order chi connectivity index (χ1) is 9.56. The average Bonchev–Trinajstić information content (AvgIpc) is 2.41. The van der Waals surface area contributed by atoms with E-state index in [9.17, 15) is 0 Å². The molecule has 0 amide bonds. The molecule has 2 rings (SSSR count). The Morgan fingerprint density at radius 2 is 1.80 bits per heavy atom. The second-order valence-electron chi connectivity index (χ2n) is 4.47. The van der Waals surface area contributed by atoms with E-state index in [1.54, 1.807) is 13.0 Å². The highest BCUT2D eigenvalue weighted by molar-refractivity contribution is 6.32. The molecule has 0 saturated carbocycles. The third kappa shape index (κ3) is 3.62. The molecule has 0 atom stereocenters. The number of hydrogen-bond donors (Lipinski definition) is 3. The molecule has 102 valence electrons. The average molecular weight is 286 g/mol. The van der Waals surface area contributed by atoms with E-state index in [2.05, 4.69) is 5.32 Å². The molecule has 0 radical (unpaired) electrons. The highest BCUT2D eigenvalue weighted by Gasteiger charge is 2.06. The first-order valence-corrected chi connectivity index (χ1v) is 6.58. The predicted octanol–water partition coefficient (Wildman–Crippen LogP) is 4.41. The highest BCUT2D eigenvalue weighted by Crippen LogP contribution is 2.25. The summed E-state index contributed by atoms with van der Waals surface area (Å²) in [6, 6.07) is 15.0. The molecule has 2 aromatic carbocycles. The molecule has 20 heavy (non-hydrogen) atoms. The summed E-state index contributed by atoms with van der Waals surface area (Å²) in [6.07, 6.45) is 1.75. The first kappa shape index (κ1) is 14.2. The van der Waals surface area contributed by atoms with Crippen LogP contribution in [0.25, 0.3) is 5.70 Å². The number of nitrogen functional groups attached to an aromatic ring is 1. The van der Waals surface area contributed by atoms with Crippen LogP contribution in [0, 0.1) is 5.41 Å². The Bertz CT molecular complexity index is 645. The van der Waals surface area contributed by atoms with Crippen molar-refractivity contribution in [2.75, 3.05) is 11.1 Å². The number of halogens is 1. The van der Waals surface area contributed by atoms with Crippen LogP contribution in [0.15, 0.2) is 54.6 Å². The molecule has 0 saturated heterocycles. The van der Waals surface area contributed by atoms with Crippen molar-refractivity contribution in [2.45, 2.75) is 6.92 Å². The summed E-state index contributed by atoms with van der Waals surface area (Å²) in [5.74, 6) is 0. The van der Waals surface area contributed by atoms with Crippen LogP contribution in [0.2, 0.25) is 5.02 Å². The van der Waals surface area contributed by atoms with E-state index < -0.39 is 0 Å². The Morgan fingerprint density at radius 1 is 1.15 bits per heavy atom. The largest absolute Gasteiger partial charge is 0.399 e. The number of rotatable bonds is 4. The van der Waals surface area contributed by atoms with E-state index in [1.165, 1.54) is 0 Å². The molecule has 2 aromatic rings. The molecule has 0 aliphatic rings. The molecule has 0 bridgehead atoms. The van der Waals surface area contributed by atoms with Gasteiger partial charge in [0.1, 0.15) is 0 Å². The number of anilines is 2. The van der Waals surface area contributed by atoms with Crippen molar-refractivity contribution in [3.05, 3.63) is 65.2 Å². The first-order valence-electron chi connectivity index (χ1n) is 6.20. The van der Waals surface area contributed by atoms with Crippen molar-refractivity contribution in [3.8, 4) is 0 Å². The van der Waals surface area contributed by atoms with Gasteiger partial charge in [0, 0.05) is 33.4 Å². The van der Waals surface area contributed by atoms with Crippen molar-refractivity contribution >= 4 is 34.4 Å². The van der Waals surface area contributed by atoms with Crippen LogP contribution < -0.4 is 11.1 Å². The summed E-state index contributed by atoms with van der Waals surface area (Å²) < 4.78 is 0. The van der Waals surface area contributed by atoms with Crippen LogP contribution in [-0.4, -0.2) is 5.71 Å². The molecule has 3 nitrogen and oxygen atoms in total. The van der Waals surface area contributed by atoms with Crippen LogP contribution in [-0.2, 0) is 0 Å². The summed E-state index contributed by atoms with van der Waals surface area (Å²) >= 11 is 6.22. The van der Waals surface area contributed by atoms with E-state index in [4.69, 9.17) is 22.7 Å². The summed E-state index contributed by atoms with van der Waals surface area (Å²) in [6.45, 7) is 1.72. The number of hydrogen-bond acceptors (Lipinski definition) is 3. The molecule has 0 aromatic heterocycles. The van der Waals surface area contributed by atoms with Gasteiger partial charge < -0.3 is 16.5 Å². The van der Waals surface area contributed by atoms with Gasteiger partial charge in [-0.05, 0) is 43.3 Å². The minimum atomic E-state index is 0.447. The van der Waals surface area contributed by atoms with Crippen molar-refractivity contribution in [2.24, 2.45) is 0 Å².